The van der Waals surface area contributed by atoms with Gasteiger partial charge in [0, 0.05) is 5.56 Å². The van der Waals surface area contributed by atoms with E-state index in [4.69, 9.17) is 9.47 Å². The number of ketones is 2. The summed E-state index contributed by atoms with van der Waals surface area (Å²) in [4.78, 5) is 36.4. The van der Waals surface area contributed by atoms with Gasteiger partial charge in [0.05, 0.1) is 24.7 Å². The van der Waals surface area contributed by atoms with E-state index in [2.05, 4.69) is 0 Å². The Bertz CT molecular complexity index is 731. The summed E-state index contributed by atoms with van der Waals surface area (Å²) in [5, 5.41) is 19.7. The number of hydrogen-bond acceptors (Lipinski definition) is 7. The number of aliphatic hydroxyl groups excluding tert-OH is 1. The smallest absolute Gasteiger partial charge is 0.309 e. The van der Waals surface area contributed by atoms with Crippen LogP contribution in [-0.4, -0.2) is 47.1 Å². The van der Waals surface area contributed by atoms with Crippen LogP contribution in [0, 0.1) is 0 Å². The Morgan fingerprint density at radius 3 is 2.55 bits per heavy atom. The lowest BCUT2D eigenvalue weighted by Gasteiger charge is -2.24. The van der Waals surface area contributed by atoms with E-state index in [0.717, 1.165) is 0 Å². The van der Waals surface area contributed by atoms with Crippen molar-refractivity contribution >= 4 is 17.5 Å². The molecule has 1 saturated heterocycles. The normalized spacial score (nSPS) is 24.4. The second-order valence-electron chi connectivity index (χ2n) is 4.99. The molecular formula is C15H12O7. The topological polar surface area (TPSA) is 110 Å². The number of benzene rings is 1. The van der Waals surface area contributed by atoms with E-state index in [9.17, 15) is 24.6 Å². The number of allylic oxidation sites excluding steroid dienone is 1. The zero-order valence-corrected chi connectivity index (χ0v) is 11.5. The summed E-state index contributed by atoms with van der Waals surface area (Å²) in [5.41, 5.74) is -0.383. The molecule has 0 spiro atoms. The second-order valence-corrected chi connectivity index (χ2v) is 4.99. The van der Waals surface area contributed by atoms with Crippen molar-refractivity contribution in [1.82, 2.24) is 0 Å². The van der Waals surface area contributed by atoms with Gasteiger partial charge in [-0.2, -0.15) is 0 Å². The molecule has 0 amide bonds. The first kappa shape index (κ1) is 14.3. The predicted molar refractivity (Wildman–Crippen MR) is 71.3 cm³/mol. The molecular weight excluding hydrogens is 292 g/mol. The molecule has 7 heteroatoms. The first-order valence-electron chi connectivity index (χ1n) is 6.52. The van der Waals surface area contributed by atoms with E-state index >= 15 is 0 Å². The number of ether oxygens (including phenoxy) is 2. The van der Waals surface area contributed by atoms with E-state index in [0.29, 0.717) is 0 Å². The predicted octanol–water partition coefficient (Wildman–Crippen LogP) is 0.348. The average Bonchev–Trinajstić information content (AvgIpc) is 2.80. The molecule has 2 N–H and O–H groups in total. The fourth-order valence-electron chi connectivity index (χ4n) is 2.71. The minimum atomic E-state index is -1.26. The monoisotopic (exact) mass is 304 g/mol. The van der Waals surface area contributed by atoms with Gasteiger partial charge in [-0.25, -0.2) is 0 Å². The fourth-order valence-corrected chi connectivity index (χ4v) is 2.71. The molecule has 2 atom stereocenters. The molecule has 1 aromatic carbocycles. The summed E-state index contributed by atoms with van der Waals surface area (Å²) in [6.07, 6.45) is -2.75. The number of phenolic OH excluding ortho intramolecular Hbond substituents is 1. The maximum atomic E-state index is 12.6. The number of fused-ring (bicyclic) bond motifs is 1. The number of methoxy groups -OCH3 is 1. The summed E-state index contributed by atoms with van der Waals surface area (Å²) < 4.78 is 9.94. The third-order valence-corrected chi connectivity index (χ3v) is 3.68. The molecule has 0 unspecified atom stereocenters. The van der Waals surface area contributed by atoms with Gasteiger partial charge >= 0.3 is 5.97 Å². The molecule has 1 heterocycles. The Labute approximate surface area is 124 Å². The highest BCUT2D eigenvalue weighted by Crippen LogP contribution is 2.36. The van der Waals surface area contributed by atoms with Gasteiger partial charge in [0.2, 0.25) is 5.78 Å². The van der Waals surface area contributed by atoms with Crippen LogP contribution in [0.3, 0.4) is 0 Å². The SMILES string of the molecule is COC1=C([C@@H]2OC(=O)C[C@H]2O)C(=O)c2cccc(O)c2C1=O. The number of carbonyl (C=O) groups is 3. The number of carbonyl (C=O) groups excluding carboxylic acids is 3. The summed E-state index contributed by atoms with van der Waals surface area (Å²) in [6.45, 7) is 0. The number of cyclic esters (lactones) is 1. The molecule has 0 saturated carbocycles. The lowest BCUT2D eigenvalue weighted by molar-refractivity contribution is -0.140. The molecule has 0 aromatic heterocycles. The van der Waals surface area contributed by atoms with Crippen molar-refractivity contribution in [3.63, 3.8) is 0 Å². The van der Waals surface area contributed by atoms with Crippen molar-refractivity contribution in [1.29, 1.82) is 0 Å². The maximum absolute atomic E-state index is 12.6. The van der Waals surface area contributed by atoms with Gasteiger partial charge in [-0.05, 0) is 6.07 Å². The van der Waals surface area contributed by atoms with Gasteiger partial charge in [0.25, 0.3) is 0 Å². The Kier molecular flexibility index (Phi) is 3.22. The molecule has 0 radical (unpaired) electrons. The molecule has 3 rings (SSSR count). The lowest BCUT2D eigenvalue weighted by Crippen LogP contribution is -2.34. The highest BCUT2D eigenvalue weighted by Gasteiger charge is 2.45. The highest BCUT2D eigenvalue weighted by atomic mass is 16.6. The third kappa shape index (κ3) is 1.90. The Morgan fingerprint density at radius 2 is 1.95 bits per heavy atom. The molecule has 114 valence electrons. The van der Waals surface area contributed by atoms with Crippen molar-refractivity contribution in [2.45, 2.75) is 18.6 Å². The van der Waals surface area contributed by atoms with Crippen LogP contribution >= 0.6 is 0 Å². The largest absolute Gasteiger partial charge is 0.507 e. The van der Waals surface area contributed by atoms with Crippen LogP contribution in [0.15, 0.2) is 29.5 Å². The zero-order valence-electron chi connectivity index (χ0n) is 11.5. The molecule has 1 aliphatic carbocycles. The minimum Gasteiger partial charge on any atom is -0.507 e. The first-order chi connectivity index (χ1) is 10.5. The zero-order chi connectivity index (χ0) is 16.0. The van der Waals surface area contributed by atoms with Gasteiger partial charge in [0.15, 0.2) is 17.6 Å². The summed E-state index contributed by atoms with van der Waals surface area (Å²) >= 11 is 0. The van der Waals surface area contributed by atoms with Crippen molar-refractivity contribution < 1.29 is 34.1 Å². The maximum Gasteiger partial charge on any atom is 0.309 e. The quantitative estimate of drug-likeness (QED) is 0.758. The van der Waals surface area contributed by atoms with E-state index in [-0.39, 0.29) is 34.6 Å². The molecule has 1 aromatic rings. The fraction of sp³-hybridized carbons (Fsp3) is 0.267. The van der Waals surface area contributed by atoms with Crippen LogP contribution in [0.4, 0.5) is 0 Å². The van der Waals surface area contributed by atoms with E-state index < -0.39 is 29.7 Å². The number of hydrogen-bond donors (Lipinski definition) is 2. The molecule has 2 aliphatic rings. The molecule has 1 fully saturated rings. The molecule has 7 nitrogen and oxygen atoms in total. The number of Topliss-reactive ketones (excluding diaryl/α,β-unsaturated/α-hetero) is 2. The average molecular weight is 304 g/mol. The van der Waals surface area contributed by atoms with Gasteiger partial charge in [-0.3, -0.25) is 14.4 Å². The van der Waals surface area contributed by atoms with Crippen molar-refractivity contribution in [3.05, 3.63) is 40.7 Å². The van der Waals surface area contributed by atoms with Gasteiger partial charge in [-0.1, -0.05) is 12.1 Å². The van der Waals surface area contributed by atoms with Crippen LogP contribution in [0.1, 0.15) is 27.1 Å². The van der Waals surface area contributed by atoms with Crippen LogP contribution < -0.4 is 0 Å². The minimum absolute atomic E-state index is 0.0176. The van der Waals surface area contributed by atoms with Crippen LogP contribution in [0.25, 0.3) is 0 Å². The standard InChI is InChI=1S/C15H12O7/c1-21-15-11(14-8(17)5-9(18)22-14)12(19)6-3-2-4-7(16)10(6)13(15)20/h2-4,8,14,16-17H,5H2,1H3/t8-,14-/m1/s1. The first-order valence-corrected chi connectivity index (χ1v) is 6.52. The Morgan fingerprint density at radius 1 is 1.23 bits per heavy atom. The molecule has 1 aliphatic heterocycles. The second kappa shape index (κ2) is 4.96. The van der Waals surface area contributed by atoms with E-state index in [1.165, 1.54) is 25.3 Å². The number of aromatic hydroxyl groups is 1. The van der Waals surface area contributed by atoms with Crippen LogP contribution in [0.5, 0.6) is 5.75 Å². The van der Waals surface area contributed by atoms with Crippen LogP contribution in [-0.2, 0) is 14.3 Å². The Hall–Kier alpha value is -2.67. The lowest BCUT2D eigenvalue weighted by atomic mass is 9.84. The number of phenols is 1. The third-order valence-electron chi connectivity index (χ3n) is 3.68. The van der Waals surface area contributed by atoms with Gasteiger partial charge in [-0.15, -0.1) is 0 Å². The number of aliphatic hydroxyl groups is 1. The number of esters is 1. The van der Waals surface area contributed by atoms with Gasteiger partial charge in [0.1, 0.15) is 11.9 Å². The van der Waals surface area contributed by atoms with E-state index in [1.807, 2.05) is 0 Å². The number of rotatable bonds is 2. The van der Waals surface area contributed by atoms with Gasteiger partial charge < -0.3 is 19.7 Å². The summed E-state index contributed by atoms with van der Waals surface area (Å²) in [6, 6.07) is 4.09. The van der Waals surface area contributed by atoms with Crippen molar-refractivity contribution in [2.24, 2.45) is 0 Å². The highest BCUT2D eigenvalue weighted by molar-refractivity contribution is 6.27. The van der Waals surface area contributed by atoms with Crippen molar-refractivity contribution in [2.75, 3.05) is 7.11 Å². The molecule has 22 heavy (non-hydrogen) atoms. The van der Waals surface area contributed by atoms with E-state index in [1.54, 1.807) is 0 Å². The van der Waals surface area contributed by atoms with Crippen LogP contribution in [0.2, 0.25) is 0 Å². The summed E-state index contributed by atoms with van der Waals surface area (Å²) in [5.74, 6) is -2.66. The molecule has 0 bridgehead atoms. The van der Waals surface area contributed by atoms with Crippen molar-refractivity contribution in [3.8, 4) is 5.75 Å². The summed E-state index contributed by atoms with van der Waals surface area (Å²) in [7, 11) is 1.19. The Balaban J connectivity index is 2.19.